The Morgan fingerprint density at radius 3 is 2.13 bits per heavy atom. The number of hydrogen-bond donors (Lipinski definition) is 1. The highest BCUT2D eigenvalue weighted by Gasteiger charge is 2.31. The summed E-state index contributed by atoms with van der Waals surface area (Å²) in [5.41, 5.74) is 0.990. The van der Waals surface area contributed by atoms with E-state index in [1.807, 2.05) is 24.3 Å². The van der Waals surface area contributed by atoms with Gasteiger partial charge >= 0.3 is 0 Å². The van der Waals surface area contributed by atoms with Crippen molar-refractivity contribution in [1.29, 1.82) is 0 Å². The van der Waals surface area contributed by atoms with Crippen molar-refractivity contribution in [2.45, 2.75) is 23.0 Å². The van der Waals surface area contributed by atoms with E-state index < -0.39 is 15.1 Å². The molecule has 0 saturated heterocycles. The van der Waals surface area contributed by atoms with Gasteiger partial charge in [0.25, 0.3) is 0 Å². The first-order valence-corrected chi connectivity index (χ1v) is 11.3. The van der Waals surface area contributed by atoms with Crippen molar-refractivity contribution in [2.75, 3.05) is 20.8 Å². The second-order valence-corrected chi connectivity index (χ2v) is 9.01. The fraction of sp³-hybridized carbons (Fsp3) is 0.261. The molecule has 0 unspecified atom stereocenters. The average Bonchev–Trinajstić information content (AvgIpc) is 3.32. The number of aryl methyl sites for hydroxylation is 1. The standard InChI is InChI=1S/C23H25NO6S/c1-28-18-8-5-17(6-9-18)7-14-23(25)24-16-22(21-4-3-15-30-21)31(26,27)20-12-10-19(29-2)11-13-20/h3-6,8-13,15,22H,7,14,16H2,1-2H3,(H,24,25)/t22-/m1/s1. The summed E-state index contributed by atoms with van der Waals surface area (Å²) in [6.07, 6.45) is 2.18. The van der Waals surface area contributed by atoms with Gasteiger partial charge in [0.2, 0.25) is 5.91 Å². The largest absolute Gasteiger partial charge is 0.497 e. The Labute approximate surface area is 181 Å². The summed E-state index contributed by atoms with van der Waals surface area (Å²) in [4.78, 5) is 12.5. The van der Waals surface area contributed by atoms with E-state index in [9.17, 15) is 13.2 Å². The first-order valence-electron chi connectivity index (χ1n) is 9.75. The van der Waals surface area contributed by atoms with Crippen LogP contribution in [0.15, 0.2) is 76.2 Å². The van der Waals surface area contributed by atoms with Crippen LogP contribution in [0.3, 0.4) is 0 Å². The molecule has 1 N–H and O–H groups in total. The Morgan fingerprint density at radius 1 is 0.968 bits per heavy atom. The molecular formula is C23H25NO6S. The van der Waals surface area contributed by atoms with Gasteiger partial charge in [-0.1, -0.05) is 12.1 Å². The quantitative estimate of drug-likeness (QED) is 0.515. The molecule has 164 valence electrons. The summed E-state index contributed by atoms with van der Waals surface area (Å²) in [6.45, 7) is -0.0939. The lowest BCUT2D eigenvalue weighted by molar-refractivity contribution is -0.121. The Bertz CT molecular complexity index is 1070. The van der Waals surface area contributed by atoms with Gasteiger partial charge in [-0.2, -0.15) is 0 Å². The summed E-state index contributed by atoms with van der Waals surface area (Å²) >= 11 is 0. The van der Waals surface area contributed by atoms with Crippen LogP contribution in [-0.2, 0) is 21.1 Å². The minimum absolute atomic E-state index is 0.0939. The van der Waals surface area contributed by atoms with Gasteiger partial charge in [0.1, 0.15) is 22.5 Å². The van der Waals surface area contributed by atoms with Crippen LogP contribution in [0, 0.1) is 0 Å². The van der Waals surface area contributed by atoms with Crippen molar-refractivity contribution in [1.82, 2.24) is 5.32 Å². The van der Waals surface area contributed by atoms with Gasteiger partial charge in [0.15, 0.2) is 9.84 Å². The molecule has 3 aromatic rings. The van der Waals surface area contributed by atoms with Gasteiger partial charge in [-0.3, -0.25) is 4.79 Å². The molecule has 1 heterocycles. The maximum atomic E-state index is 13.2. The Morgan fingerprint density at radius 2 is 1.58 bits per heavy atom. The second kappa shape index (κ2) is 10.2. The van der Waals surface area contributed by atoms with Crippen LogP contribution in [0.2, 0.25) is 0 Å². The van der Waals surface area contributed by atoms with Crippen molar-refractivity contribution in [3.63, 3.8) is 0 Å². The Kier molecular flexibility index (Phi) is 7.36. The highest BCUT2D eigenvalue weighted by atomic mass is 32.2. The third kappa shape index (κ3) is 5.67. The minimum Gasteiger partial charge on any atom is -0.497 e. The van der Waals surface area contributed by atoms with Crippen molar-refractivity contribution in [3.05, 3.63) is 78.3 Å². The molecule has 1 atom stereocenters. The normalized spacial score (nSPS) is 12.2. The molecule has 0 fully saturated rings. The van der Waals surface area contributed by atoms with Crippen LogP contribution < -0.4 is 14.8 Å². The van der Waals surface area contributed by atoms with E-state index in [1.165, 1.54) is 25.5 Å². The number of carbonyl (C=O) groups is 1. The molecule has 2 aromatic carbocycles. The monoisotopic (exact) mass is 443 g/mol. The third-order valence-electron chi connectivity index (χ3n) is 4.91. The predicted octanol–water partition coefficient (Wildman–Crippen LogP) is 3.56. The average molecular weight is 444 g/mol. The van der Waals surface area contributed by atoms with Gasteiger partial charge in [-0.15, -0.1) is 0 Å². The number of furan rings is 1. The van der Waals surface area contributed by atoms with Gasteiger partial charge in [-0.25, -0.2) is 8.42 Å². The third-order valence-corrected chi connectivity index (χ3v) is 6.98. The van der Waals surface area contributed by atoms with E-state index in [-0.39, 0.29) is 29.5 Å². The number of amides is 1. The lowest BCUT2D eigenvalue weighted by atomic mass is 10.1. The van der Waals surface area contributed by atoms with Crippen LogP contribution in [0.1, 0.15) is 23.0 Å². The predicted molar refractivity (Wildman–Crippen MR) is 116 cm³/mol. The first-order chi connectivity index (χ1) is 14.9. The lowest BCUT2D eigenvalue weighted by Crippen LogP contribution is -2.32. The van der Waals surface area contributed by atoms with Gasteiger partial charge < -0.3 is 19.2 Å². The van der Waals surface area contributed by atoms with E-state index in [0.717, 1.165) is 11.3 Å². The SMILES string of the molecule is COc1ccc(CCC(=O)NC[C@H](c2ccco2)S(=O)(=O)c2ccc(OC)cc2)cc1. The Hall–Kier alpha value is -3.26. The molecule has 0 saturated carbocycles. The Balaban J connectivity index is 1.67. The van der Waals surface area contributed by atoms with Crippen LogP contribution >= 0.6 is 0 Å². The van der Waals surface area contributed by atoms with Gasteiger partial charge in [0, 0.05) is 13.0 Å². The minimum atomic E-state index is -3.80. The molecule has 0 bridgehead atoms. The molecule has 8 heteroatoms. The van der Waals surface area contributed by atoms with Gasteiger partial charge in [0.05, 0.1) is 25.4 Å². The number of methoxy groups -OCH3 is 2. The molecular weight excluding hydrogens is 418 g/mol. The molecule has 3 rings (SSSR count). The molecule has 0 aliphatic heterocycles. The second-order valence-electron chi connectivity index (χ2n) is 6.88. The fourth-order valence-electron chi connectivity index (χ4n) is 3.11. The summed E-state index contributed by atoms with van der Waals surface area (Å²) in [5.74, 6) is 1.34. The van der Waals surface area contributed by atoms with E-state index in [2.05, 4.69) is 5.32 Å². The molecule has 0 aliphatic carbocycles. The zero-order valence-electron chi connectivity index (χ0n) is 17.4. The number of carbonyl (C=O) groups excluding carboxylic acids is 1. The highest BCUT2D eigenvalue weighted by molar-refractivity contribution is 7.91. The van der Waals surface area contributed by atoms with Gasteiger partial charge in [-0.05, 0) is 60.5 Å². The molecule has 0 spiro atoms. The summed E-state index contributed by atoms with van der Waals surface area (Å²) < 4.78 is 42.0. The maximum Gasteiger partial charge on any atom is 0.220 e. The van der Waals surface area contributed by atoms with Crippen molar-refractivity contribution in [2.24, 2.45) is 0 Å². The molecule has 1 amide bonds. The van der Waals surface area contributed by atoms with Crippen LogP contribution in [0.4, 0.5) is 0 Å². The van der Waals surface area contributed by atoms with Crippen molar-refractivity contribution < 1.29 is 27.1 Å². The van der Waals surface area contributed by atoms with Crippen molar-refractivity contribution >= 4 is 15.7 Å². The zero-order valence-corrected chi connectivity index (χ0v) is 18.2. The van der Waals surface area contributed by atoms with E-state index >= 15 is 0 Å². The summed E-state index contributed by atoms with van der Waals surface area (Å²) in [7, 11) is -0.692. The molecule has 0 aliphatic rings. The zero-order chi connectivity index (χ0) is 22.3. The summed E-state index contributed by atoms with van der Waals surface area (Å²) in [6, 6.07) is 16.8. The molecule has 0 radical (unpaired) electrons. The van der Waals surface area contributed by atoms with Crippen LogP contribution in [-0.4, -0.2) is 35.1 Å². The molecule has 1 aromatic heterocycles. The number of hydrogen-bond acceptors (Lipinski definition) is 6. The van der Waals surface area contributed by atoms with E-state index in [4.69, 9.17) is 13.9 Å². The van der Waals surface area contributed by atoms with E-state index in [1.54, 1.807) is 31.4 Å². The molecule has 7 nitrogen and oxygen atoms in total. The number of rotatable bonds is 10. The van der Waals surface area contributed by atoms with Crippen LogP contribution in [0.5, 0.6) is 11.5 Å². The number of benzene rings is 2. The topological polar surface area (TPSA) is 94.8 Å². The lowest BCUT2D eigenvalue weighted by Gasteiger charge is -2.17. The summed E-state index contributed by atoms with van der Waals surface area (Å²) in [5, 5.41) is 1.69. The first kappa shape index (κ1) is 22.4. The number of sulfone groups is 1. The smallest absolute Gasteiger partial charge is 0.220 e. The highest BCUT2D eigenvalue weighted by Crippen LogP contribution is 2.30. The van der Waals surface area contributed by atoms with Crippen molar-refractivity contribution in [3.8, 4) is 11.5 Å². The maximum absolute atomic E-state index is 13.2. The van der Waals surface area contributed by atoms with E-state index in [0.29, 0.717) is 12.2 Å². The fourth-order valence-corrected chi connectivity index (χ4v) is 4.70. The van der Waals surface area contributed by atoms with Crippen LogP contribution in [0.25, 0.3) is 0 Å². The molecule has 31 heavy (non-hydrogen) atoms. The number of nitrogens with one attached hydrogen (secondary N) is 1. The number of ether oxygens (including phenoxy) is 2.